The molecular weight excluding hydrogens is 647 g/mol. The molecule has 0 bridgehead atoms. The number of aliphatic hydroxyl groups is 2. The third-order valence-corrected chi connectivity index (χ3v) is 8.43. The lowest BCUT2D eigenvalue weighted by molar-refractivity contribution is -0.173. The minimum atomic E-state index is -5.07. The molecule has 0 aliphatic carbocycles. The third kappa shape index (κ3) is 6.88. The number of aliphatic hydroxyl groups excluding tert-OH is 2. The molecule has 1 aliphatic rings. The highest BCUT2D eigenvalue weighted by atomic mass is 19.4. The van der Waals surface area contributed by atoms with Crippen LogP contribution in [-0.4, -0.2) is 70.9 Å². The van der Waals surface area contributed by atoms with Crippen molar-refractivity contribution in [1.29, 1.82) is 0 Å². The molecule has 0 saturated carbocycles. The number of aromatic nitrogens is 2. The number of methoxy groups -OCH3 is 2. The van der Waals surface area contributed by atoms with Crippen molar-refractivity contribution in [3.8, 4) is 11.5 Å². The Morgan fingerprint density at radius 1 is 1.00 bits per heavy atom. The molecule has 4 aromatic rings. The number of benzene rings is 3. The van der Waals surface area contributed by atoms with E-state index in [1.165, 1.54) is 14.2 Å². The number of hydrogen-bond donors (Lipinski definition) is 4. The molecule has 3 aromatic carbocycles. The van der Waals surface area contributed by atoms with E-state index in [2.05, 4.69) is 4.98 Å². The maximum atomic E-state index is 13.0. The van der Waals surface area contributed by atoms with Crippen LogP contribution >= 0.6 is 0 Å². The van der Waals surface area contributed by atoms with Gasteiger partial charge in [-0.3, -0.25) is 19.1 Å². The minimum absolute atomic E-state index is 0.135. The van der Waals surface area contributed by atoms with Crippen molar-refractivity contribution in [2.24, 2.45) is 0 Å². The Bertz CT molecular complexity index is 1880. The maximum Gasteiger partial charge on any atom is 0.471 e. The van der Waals surface area contributed by atoms with Crippen molar-refractivity contribution < 1.29 is 42.4 Å². The summed E-state index contributed by atoms with van der Waals surface area (Å²) in [4.78, 5) is 38.7. The summed E-state index contributed by atoms with van der Waals surface area (Å²) in [5, 5.41) is 25.8. The topological polar surface area (TPSA) is 152 Å². The van der Waals surface area contributed by atoms with Gasteiger partial charge in [0.05, 0.1) is 31.3 Å². The lowest BCUT2D eigenvalue weighted by Crippen LogP contribution is -2.51. The van der Waals surface area contributed by atoms with Crippen LogP contribution in [0.4, 0.5) is 13.2 Å². The quantitative estimate of drug-likeness (QED) is 0.176. The van der Waals surface area contributed by atoms with Crippen molar-refractivity contribution >= 4 is 12.0 Å². The van der Waals surface area contributed by atoms with Crippen molar-refractivity contribution in [2.45, 2.75) is 42.6 Å². The lowest BCUT2D eigenvalue weighted by atomic mass is 9.63. The van der Waals surface area contributed by atoms with E-state index in [1.807, 2.05) is 18.2 Å². The number of rotatable bonds is 11. The van der Waals surface area contributed by atoms with E-state index in [0.29, 0.717) is 28.2 Å². The zero-order valence-electron chi connectivity index (χ0n) is 26.4. The SMILES string of the molecule is COc1ccccc1C(c1ccccc1)(c1ccccc1OC)C(O)[C@H]1O[C@@H](n2cc(/C=C/CNC(=O)C(F)(F)F)c(=O)[nH]c2=O)C[C@@H]1O. The number of ether oxygens (including phenoxy) is 3. The largest absolute Gasteiger partial charge is 0.496 e. The summed E-state index contributed by atoms with van der Waals surface area (Å²) < 4.78 is 56.4. The number of halogens is 3. The second-order valence-electron chi connectivity index (χ2n) is 11.2. The fourth-order valence-corrected chi connectivity index (χ4v) is 6.24. The van der Waals surface area contributed by atoms with Crippen LogP contribution in [-0.2, 0) is 14.9 Å². The summed E-state index contributed by atoms with van der Waals surface area (Å²) in [6, 6.07) is 23.3. The van der Waals surface area contributed by atoms with Gasteiger partial charge in [-0.2, -0.15) is 13.2 Å². The highest BCUT2D eigenvalue weighted by molar-refractivity contribution is 5.81. The van der Waals surface area contributed by atoms with Crippen LogP contribution in [0.15, 0.2) is 101 Å². The van der Waals surface area contributed by atoms with Crippen LogP contribution in [0.1, 0.15) is 34.9 Å². The Kier molecular flexibility index (Phi) is 10.4. The molecular formula is C35H34F3N3O8. The van der Waals surface area contributed by atoms with E-state index in [-0.39, 0.29) is 12.0 Å². The molecule has 1 unspecified atom stereocenters. The highest BCUT2D eigenvalue weighted by Crippen LogP contribution is 2.51. The standard InChI is InChI=1S/C35H34F3N3O8/c1-47-26-16-8-6-14-23(26)34(22-12-4-3-5-13-22,24-15-7-9-17-27(24)48-2)30(43)29-25(42)19-28(49-29)41-20-21(31(44)40-33(41)46)11-10-18-39-32(45)35(36,37)38/h3-17,20,25,28-30,42-43H,18-19H2,1-2H3,(H,39,45)(H,40,44,46)/b11-10+/t25-,28+,29-,30?/m0/s1. The first-order chi connectivity index (χ1) is 23.4. The first-order valence-electron chi connectivity index (χ1n) is 15.1. The van der Waals surface area contributed by atoms with Crippen LogP contribution in [0.2, 0.25) is 0 Å². The second-order valence-corrected chi connectivity index (χ2v) is 11.2. The van der Waals surface area contributed by atoms with Crippen LogP contribution in [0.3, 0.4) is 0 Å². The normalized spacial score (nSPS) is 18.7. The van der Waals surface area contributed by atoms with Gasteiger partial charge in [0.1, 0.15) is 29.9 Å². The average Bonchev–Trinajstić information content (AvgIpc) is 3.48. The first-order valence-corrected chi connectivity index (χ1v) is 15.1. The Morgan fingerprint density at radius 3 is 2.14 bits per heavy atom. The molecule has 1 aliphatic heterocycles. The number of nitrogens with one attached hydrogen (secondary N) is 2. The predicted molar refractivity (Wildman–Crippen MR) is 172 cm³/mol. The molecule has 2 heterocycles. The van der Waals surface area contributed by atoms with Gasteiger partial charge in [-0.05, 0) is 17.7 Å². The lowest BCUT2D eigenvalue weighted by Gasteiger charge is -2.43. The fraction of sp³-hybridized carbons (Fsp3) is 0.286. The molecule has 4 atom stereocenters. The van der Waals surface area contributed by atoms with Crippen molar-refractivity contribution in [3.63, 3.8) is 0 Å². The van der Waals surface area contributed by atoms with Crippen LogP contribution in [0, 0.1) is 0 Å². The van der Waals surface area contributed by atoms with Gasteiger partial charge in [0.15, 0.2) is 0 Å². The summed E-state index contributed by atoms with van der Waals surface area (Å²) in [5.41, 5.74) is -1.66. The van der Waals surface area contributed by atoms with Gasteiger partial charge in [0.2, 0.25) is 0 Å². The number of para-hydroxylation sites is 2. The predicted octanol–water partition coefficient (Wildman–Crippen LogP) is 3.29. The van der Waals surface area contributed by atoms with Gasteiger partial charge in [-0.1, -0.05) is 78.9 Å². The minimum Gasteiger partial charge on any atom is -0.496 e. The number of aromatic amines is 1. The molecule has 0 spiro atoms. The molecule has 1 amide bonds. The van der Waals surface area contributed by atoms with Gasteiger partial charge in [0, 0.05) is 30.3 Å². The van der Waals surface area contributed by atoms with Gasteiger partial charge < -0.3 is 29.7 Å². The molecule has 14 heteroatoms. The molecule has 11 nitrogen and oxygen atoms in total. The Balaban J connectivity index is 1.58. The summed E-state index contributed by atoms with van der Waals surface area (Å²) in [6.45, 7) is -0.544. The zero-order chi connectivity index (χ0) is 35.3. The first kappa shape index (κ1) is 35.1. The summed E-state index contributed by atoms with van der Waals surface area (Å²) in [6.07, 6.45) is -7.27. The number of carbonyl (C=O) groups excluding carboxylic acids is 1. The molecule has 1 saturated heterocycles. The number of nitrogens with zero attached hydrogens (tertiary/aromatic N) is 1. The van der Waals surface area contributed by atoms with Crippen LogP contribution in [0.25, 0.3) is 6.08 Å². The second kappa shape index (κ2) is 14.5. The molecule has 0 radical (unpaired) electrons. The average molecular weight is 682 g/mol. The van der Waals surface area contributed by atoms with E-state index in [1.54, 1.807) is 66.0 Å². The van der Waals surface area contributed by atoms with E-state index < -0.39 is 59.8 Å². The summed E-state index contributed by atoms with van der Waals surface area (Å²) in [5.74, 6) is -1.29. The smallest absolute Gasteiger partial charge is 0.471 e. The van der Waals surface area contributed by atoms with Crippen LogP contribution < -0.4 is 26.0 Å². The molecule has 1 fully saturated rings. The summed E-state index contributed by atoms with van der Waals surface area (Å²) in [7, 11) is 3.00. The number of amides is 1. The van der Waals surface area contributed by atoms with Gasteiger partial charge in [-0.25, -0.2) is 4.79 Å². The monoisotopic (exact) mass is 681 g/mol. The zero-order valence-corrected chi connectivity index (χ0v) is 26.4. The van der Waals surface area contributed by atoms with E-state index >= 15 is 0 Å². The highest BCUT2D eigenvalue weighted by Gasteiger charge is 2.54. The molecule has 5 rings (SSSR count). The maximum absolute atomic E-state index is 13.0. The number of carbonyl (C=O) groups is 1. The third-order valence-electron chi connectivity index (χ3n) is 8.43. The Morgan fingerprint density at radius 2 is 1.57 bits per heavy atom. The number of alkyl halides is 3. The van der Waals surface area contributed by atoms with E-state index in [9.17, 15) is 37.8 Å². The van der Waals surface area contributed by atoms with Crippen molar-refractivity contribution in [3.05, 3.63) is 134 Å². The summed E-state index contributed by atoms with van der Waals surface area (Å²) >= 11 is 0. The molecule has 4 N–H and O–H groups in total. The molecule has 49 heavy (non-hydrogen) atoms. The van der Waals surface area contributed by atoms with Crippen molar-refractivity contribution in [1.82, 2.24) is 14.9 Å². The molecule has 1 aromatic heterocycles. The van der Waals surface area contributed by atoms with E-state index in [4.69, 9.17) is 14.2 Å². The van der Waals surface area contributed by atoms with Gasteiger partial charge in [0.25, 0.3) is 5.56 Å². The van der Waals surface area contributed by atoms with Crippen molar-refractivity contribution in [2.75, 3.05) is 20.8 Å². The Hall–Kier alpha value is -5.18. The van der Waals surface area contributed by atoms with Gasteiger partial charge >= 0.3 is 17.8 Å². The van der Waals surface area contributed by atoms with Gasteiger partial charge in [-0.15, -0.1) is 0 Å². The fourth-order valence-electron chi connectivity index (χ4n) is 6.24. The Labute approximate surface area is 278 Å². The van der Waals surface area contributed by atoms with Crippen LogP contribution in [0.5, 0.6) is 11.5 Å². The molecule has 258 valence electrons. The number of hydrogen-bond acceptors (Lipinski definition) is 8. The van der Waals surface area contributed by atoms with E-state index in [0.717, 1.165) is 22.9 Å². The number of H-pyrrole nitrogens is 1.